The fraction of sp³-hybridized carbons (Fsp3) is 0.296. The Kier molecular flexibility index (Phi) is 8.17. The van der Waals surface area contributed by atoms with Crippen molar-refractivity contribution in [3.05, 3.63) is 78.9 Å². The summed E-state index contributed by atoms with van der Waals surface area (Å²) in [5.41, 5.74) is -1.02. The van der Waals surface area contributed by atoms with Gasteiger partial charge in [-0.1, -0.05) is 49.4 Å². The van der Waals surface area contributed by atoms with Crippen molar-refractivity contribution in [1.82, 2.24) is 0 Å². The standard InChI is InChI=1S/C18H13S.C9H16F2O5S/c1-2-8-14(9-3-1)19-17-12-6-4-10-15(17)16-11-5-7-13-18(16)19;1-5-8(3,4)7(12)16-6(2)9(10,11)17(13,14)15/h1-13H;6H,5H2,1-4H3,(H,13,14,15)/q+1;/p-1. The van der Waals surface area contributed by atoms with Gasteiger partial charge in [0.15, 0.2) is 30.5 Å². The number of ether oxygens (including phenoxy) is 1. The predicted octanol–water partition coefficient (Wildman–Crippen LogP) is 7.22. The molecule has 1 aromatic heterocycles. The summed E-state index contributed by atoms with van der Waals surface area (Å²) in [6.07, 6.45) is -1.99. The van der Waals surface area contributed by atoms with Crippen LogP contribution in [-0.4, -0.2) is 30.3 Å². The van der Waals surface area contributed by atoms with Gasteiger partial charge in [0.2, 0.25) is 0 Å². The number of hydrogen-bond acceptors (Lipinski definition) is 5. The number of fused-ring (bicyclic) bond motifs is 3. The number of alkyl halides is 2. The largest absolute Gasteiger partial charge is 0.743 e. The molecule has 5 nitrogen and oxygen atoms in total. The Morgan fingerprint density at radius 1 is 0.917 bits per heavy atom. The molecule has 0 saturated heterocycles. The Morgan fingerprint density at radius 3 is 1.81 bits per heavy atom. The highest BCUT2D eigenvalue weighted by Gasteiger charge is 2.47. The minimum atomic E-state index is -5.86. The molecule has 3 aromatic carbocycles. The molecule has 0 aliphatic heterocycles. The minimum Gasteiger partial charge on any atom is -0.743 e. The van der Waals surface area contributed by atoms with E-state index in [1.807, 2.05) is 0 Å². The molecule has 0 amide bonds. The van der Waals surface area contributed by atoms with E-state index >= 15 is 0 Å². The van der Waals surface area contributed by atoms with Gasteiger partial charge in [0.25, 0.3) is 0 Å². The zero-order valence-electron chi connectivity index (χ0n) is 20.4. The third kappa shape index (κ3) is 5.58. The third-order valence-corrected chi connectivity index (χ3v) is 9.34. The SMILES string of the molecule is CCC(C)(C)C(=O)OC(C)C(F)(F)S(=O)(=O)[O-].c1ccc(-[s+]2c3ccccc3c3ccccc32)cc1. The van der Waals surface area contributed by atoms with Crippen molar-refractivity contribution in [3.63, 3.8) is 0 Å². The van der Waals surface area contributed by atoms with Crippen LogP contribution in [0.25, 0.3) is 25.1 Å². The molecule has 9 heteroatoms. The zero-order chi connectivity index (χ0) is 26.7. The van der Waals surface area contributed by atoms with Crippen LogP contribution in [-0.2, 0) is 19.6 Å². The average molecular weight is 535 g/mol. The number of halogens is 2. The van der Waals surface area contributed by atoms with Crippen molar-refractivity contribution in [2.75, 3.05) is 0 Å². The fourth-order valence-corrected chi connectivity index (χ4v) is 6.25. The molecule has 36 heavy (non-hydrogen) atoms. The van der Waals surface area contributed by atoms with E-state index in [4.69, 9.17) is 0 Å². The molecule has 192 valence electrons. The number of thiophene rings is 1. The fourth-order valence-electron chi connectivity index (χ4n) is 3.40. The molecule has 0 radical (unpaired) electrons. The monoisotopic (exact) mass is 534 g/mol. The first-order valence-corrected chi connectivity index (χ1v) is 14.0. The zero-order valence-corrected chi connectivity index (χ0v) is 22.0. The van der Waals surface area contributed by atoms with Crippen LogP contribution in [0.3, 0.4) is 0 Å². The number of hydrogen-bond donors (Lipinski definition) is 0. The molecule has 0 aliphatic rings. The molecule has 0 fully saturated rings. The van der Waals surface area contributed by atoms with Crippen molar-refractivity contribution in [2.24, 2.45) is 5.41 Å². The molecule has 4 rings (SSSR count). The molecule has 0 aliphatic carbocycles. The lowest BCUT2D eigenvalue weighted by molar-refractivity contribution is -0.170. The molecule has 4 aromatic rings. The Labute approximate surface area is 212 Å². The second-order valence-electron chi connectivity index (χ2n) is 8.91. The van der Waals surface area contributed by atoms with E-state index in [0.717, 1.165) is 0 Å². The van der Waals surface area contributed by atoms with Crippen LogP contribution < -0.4 is 0 Å². The van der Waals surface area contributed by atoms with Crippen molar-refractivity contribution in [3.8, 4) is 4.90 Å². The van der Waals surface area contributed by atoms with Gasteiger partial charge >= 0.3 is 11.2 Å². The Hall–Kier alpha value is -2.88. The van der Waals surface area contributed by atoms with Gasteiger partial charge < -0.3 is 9.29 Å². The first-order chi connectivity index (χ1) is 16.8. The average Bonchev–Trinajstić information content (AvgIpc) is 3.18. The number of esters is 1. The van der Waals surface area contributed by atoms with Gasteiger partial charge in [0.1, 0.15) is 0 Å². The Bertz CT molecular complexity index is 1410. The minimum absolute atomic E-state index is 0.0594. The predicted molar refractivity (Wildman–Crippen MR) is 140 cm³/mol. The lowest BCUT2D eigenvalue weighted by Gasteiger charge is -2.29. The van der Waals surface area contributed by atoms with E-state index in [1.54, 1.807) is 6.92 Å². The van der Waals surface area contributed by atoms with Gasteiger partial charge in [-0.15, -0.1) is 0 Å². The third-order valence-electron chi connectivity index (χ3n) is 6.01. The molecule has 1 atom stereocenters. The molecular weight excluding hydrogens is 506 g/mol. The summed E-state index contributed by atoms with van der Waals surface area (Å²) in [5, 5.41) is -1.84. The van der Waals surface area contributed by atoms with Crippen LogP contribution in [0.5, 0.6) is 0 Å². The lowest BCUT2D eigenvalue weighted by Crippen LogP contribution is -2.44. The molecule has 0 saturated carbocycles. The van der Waals surface area contributed by atoms with E-state index < -0.39 is 32.9 Å². The van der Waals surface area contributed by atoms with E-state index in [2.05, 4.69) is 83.6 Å². The molecule has 0 bridgehead atoms. The number of carbonyl (C=O) groups is 1. The van der Waals surface area contributed by atoms with Gasteiger partial charge in [-0.2, -0.15) is 8.78 Å². The topological polar surface area (TPSA) is 83.5 Å². The van der Waals surface area contributed by atoms with E-state index in [9.17, 15) is 26.5 Å². The summed E-state index contributed by atoms with van der Waals surface area (Å²) >= 11 is 0. The summed E-state index contributed by atoms with van der Waals surface area (Å²) in [4.78, 5) is 12.8. The first kappa shape index (κ1) is 27.7. The number of rotatable bonds is 6. The van der Waals surface area contributed by atoms with Gasteiger partial charge in [-0.3, -0.25) is 4.79 Å². The van der Waals surface area contributed by atoms with E-state index in [0.29, 0.717) is 13.3 Å². The van der Waals surface area contributed by atoms with Gasteiger partial charge in [0, 0.05) is 21.2 Å². The van der Waals surface area contributed by atoms with Crippen LogP contribution in [0.4, 0.5) is 8.78 Å². The van der Waals surface area contributed by atoms with Crippen LogP contribution in [0, 0.1) is 5.41 Å². The first-order valence-electron chi connectivity index (χ1n) is 11.3. The maximum atomic E-state index is 13.0. The van der Waals surface area contributed by atoms with Crippen molar-refractivity contribution in [2.45, 2.75) is 45.5 Å². The normalized spacial score (nSPS) is 13.2. The molecule has 1 heterocycles. The highest BCUT2D eigenvalue weighted by atomic mass is 32.2. The van der Waals surface area contributed by atoms with Gasteiger partial charge in [-0.05, 0) is 63.6 Å². The summed E-state index contributed by atoms with van der Waals surface area (Å²) < 4.78 is 64.1. The molecule has 0 N–H and O–H groups in total. The maximum Gasteiger partial charge on any atom is 0.369 e. The second-order valence-corrected chi connectivity index (χ2v) is 12.3. The van der Waals surface area contributed by atoms with Crippen molar-refractivity contribution < 1.29 is 31.3 Å². The maximum absolute atomic E-state index is 13.0. The summed E-state index contributed by atoms with van der Waals surface area (Å²) in [6, 6.07) is 28.4. The molecule has 1 unspecified atom stereocenters. The van der Waals surface area contributed by atoms with E-state index in [1.165, 1.54) is 38.9 Å². The molecule has 0 spiro atoms. The smallest absolute Gasteiger partial charge is 0.369 e. The summed E-state index contributed by atoms with van der Waals surface area (Å²) in [6.45, 7) is 5.24. The van der Waals surface area contributed by atoms with Crippen molar-refractivity contribution in [1.29, 1.82) is 0 Å². The summed E-state index contributed by atoms with van der Waals surface area (Å²) in [5.74, 6) is -0.976. The van der Waals surface area contributed by atoms with Gasteiger partial charge in [-0.25, -0.2) is 8.42 Å². The van der Waals surface area contributed by atoms with Crippen molar-refractivity contribution >= 4 is 46.7 Å². The highest BCUT2D eigenvalue weighted by molar-refractivity contribution is 7.86. The lowest BCUT2D eigenvalue weighted by atomic mass is 9.91. The number of benzene rings is 3. The van der Waals surface area contributed by atoms with E-state index in [-0.39, 0.29) is 10.5 Å². The quantitative estimate of drug-likeness (QED) is 0.148. The second kappa shape index (κ2) is 10.6. The van der Waals surface area contributed by atoms with Crippen LogP contribution in [0.1, 0.15) is 34.1 Å². The highest BCUT2D eigenvalue weighted by Crippen LogP contribution is 2.47. The Morgan fingerprint density at radius 2 is 1.36 bits per heavy atom. The summed E-state index contributed by atoms with van der Waals surface area (Å²) in [7, 11) is -5.80. The Balaban J connectivity index is 0.000000203. The van der Waals surface area contributed by atoms with Crippen LogP contribution in [0.2, 0.25) is 0 Å². The number of carbonyl (C=O) groups excluding carboxylic acids is 1. The van der Waals surface area contributed by atoms with Crippen LogP contribution >= 0.6 is 10.5 Å². The van der Waals surface area contributed by atoms with Gasteiger partial charge in [0.05, 0.1) is 5.41 Å². The molecular formula is C27H28F2O5S2. The van der Waals surface area contributed by atoms with Crippen LogP contribution in [0.15, 0.2) is 78.9 Å².